The molecule has 0 bridgehead atoms. The summed E-state index contributed by atoms with van der Waals surface area (Å²) < 4.78 is 5.18. The molecule has 0 aliphatic heterocycles. The van der Waals surface area contributed by atoms with Crippen LogP contribution in [0, 0.1) is 6.92 Å². The molecule has 0 fully saturated rings. The normalized spacial score (nSPS) is 10.1. The molecule has 2 amide bonds. The summed E-state index contributed by atoms with van der Waals surface area (Å²) in [5.41, 5.74) is 3.36. The number of carbonyl (C=O) groups excluding carboxylic acids is 2. The van der Waals surface area contributed by atoms with Gasteiger partial charge in [0.15, 0.2) is 0 Å². The first-order chi connectivity index (χ1) is 11.5. The van der Waals surface area contributed by atoms with E-state index in [0.717, 1.165) is 23.2 Å². The molecule has 126 valence electrons. The maximum atomic E-state index is 12.2. The molecule has 5 heteroatoms. The minimum absolute atomic E-state index is 0.254. The summed E-state index contributed by atoms with van der Waals surface area (Å²) in [6, 6.07) is 12.9. The number of aryl methyl sites for hydroxylation is 2. The number of methoxy groups -OCH3 is 1. The van der Waals surface area contributed by atoms with Gasteiger partial charge in [-0.3, -0.25) is 9.59 Å². The van der Waals surface area contributed by atoms with Crippen molar-refractivity contribution in [2.45, 2.75) is 26.7 Å². The lowest BCUT2D eigenvalue weighted by atomic mass is 10.1. The Labute approximate surface area is 142 Å². The van der Waals surface area contributed by atoms with E-state index in [1.807, 2.05) is 38.1 Å². The quantitative estimate of drug-likeness (QED) is 0.798. The van der Waals surface area contributed by atoms with E-state index >= 15 is 0 Å². The Balaban J connectivity index is 2.01. The molecule has 0 aromatic heterocycles. The van der Waals surface area contributed by atoms with Gasteiger partial charge in [0.25, 0.3) is 0 Å². The molecule has 2 rings (SSSR count). The van der Waals surface area contributed by atoms with Gasteiger partial charge in [-0.1, -0.05) is 37.3 Å². The standard InChI is InChI=1S/C19H22N2O3/c1-4-14-9-7-8-13(2)19(14)21-18(23)12-17(22)20-15-10-5-6-11-16(15)24-3/h5-11H,4,12H2,1-3H3,(H,20,22)(H,21,23). The van der Waals surface area contributed by atoms with Crippen LogP contribution in [0.4, 0.5) is 11.4 Å². The molecule has 0 heterocycles. The number of hydrogen-bond acceptors (Lipinski definition) is 3. The molecule has 24 heavy (non-hydrogen) atoms. The molecule has 0 unspecified atom stereocenters. The average Bonchev–Trinajstić information content (AvgIpc) is 2.57. The summed E-state index contributed by atoms with van der Waals surface area (Å²) in [4.78, 5) is 24.3. The predicted molar refractivity (Wildman–Crippen MR) is 95.4 cm³/mol. The Morgan fingerprint density at radius 3 is 2.42 bits per heavy atom. The first-order valence-corrected chi connectivity index (χ1v) is 7.86. The van der Waals surface area contributed by atoms with E-state index < -0.39 is 0 Å². The zero-order valence-electron chi connectivity index (χ0n) is 14.2. The highest BCUT2D eigenvalue weighted by molar-refractivity contribution is 6.08. The highest BCUT2D eigenvalue weighted by atomic mass is 16.5. The number of para-hydroxylation sites is 3. The molecular weight excluding hydrogens is 304 g/mol. The Morgan fingerprint density at radius 1 is 1.00 bits per heavy atom. The van der Waals surface area contributed by atoms with Crippen LogP contribution in [0.25, 0.3) is 0 Å². The summed E-state index contributed by atoms with van der Waals surface area (Å²) >= 11 is 0. The molecule has 2 N–H and O–H groups in total. The van der Waals surface area contributed by atoms with Crippen LogP contribution >= 0.6 is 0 Å². The summed E-state index contributed by atoms with van der Waals surface area (Å²) in [6.45, 7) is 3.96. The fourth-order valence-electron chi connectivity index (χ4n) is 2.47. The van der Waals surface area contributed by atoms with Gasteiger partial charge in [0.05, 0.1) is 12.8 Å². The van der Waals surface area contributed by atoms with E-state index in [9.17, 15) is 9.59 Å². The van der Waals surface area contributed by atoms with E-state index in [1.54, 1.807) is 18.2 Å². The minimum Gasteiger partial charge on any atom is -0.495 e. The third-order valence-electron chi connectivity index (χ3n) is 3.71. The van der Waals surface area contributed by atoms with Gasteiger partial charge in [-0.05, 0) is 36.6 Å². The summed E-state index contributed by atoms with van der Waals surface area (Å²) in [5, 5.41) is 5.54. The van der Waals surface area contributed by atoms with Crippen molar-refractivity contribution in [3.63, 3.8) is 0 Å². The van der Waals surface area contributed by atoms with Crippen LogP contribution in [0.2, 0.25) is 0 Å². The number of nitrogens with one attached hydrogen (secondary N) is 2. The second-order valence-electron chi connectivity index (χ2n) is 5.44. The van der Waals surface area contributed by atoms with Crippen LogP contribution in [0.1, 0.15) is 24.5 Å². The molecule has 0 saturated heterocycles. The molecule has 2 aromatic rings. The number of amides is 2. The Bertz CT molecular complexity index is 741. The maximum Gasteiger partial charge on any atom is 0.233 e. The van der Waals surface area contributed by atoms with Crippen molar-refractivity contribution in [2.24, 2.45) is 0 Å². The molecule has 0 radical (unpaired) electrons. The van der Waals surface area contributed by atoms with Crippen molar-refractivity contribution >= 4 is 23.2 Å². The van der Waals surface area contributed by atoms with Crippen molar-refractivity contribution in [3.8, 4) is 5.75 Å². The molecule has 0 spiro atoms. The van der Waals surface area contributed by atoms with E-state index in [0.29, 0.717) is 11.4 Å². The summed E-state index contributed by atoms with van der Waals surface area (Å²) in [5.74, 6) is -0.173. The van der Waals surface area contributed by atoms with Gasteiger partial charge >= 0.3 is 0 Å². The summed E-state index contributed by atoms with van der Waals surface area (Å²) in [6.07, 6.45) is 0.556. The molecule has 0 saturated carbocycles. The molecule has 5 nitrogen and oxygen atoms in total. The number of rotatable bonds is 6. The third-order valence-corrected chi connectivity index (χ3v) is 3.71. The average molecular weight is 326 g/mol. The number of ether oxygens (including phenoxy) is 1. The SMILES string of the molecule is CCc1cccc(C)c1NC(=O)CC(=O)Nc1ccccc1OC. The topological polar surface area (TPSA) is 67.4 Å². The maximum absolute atomic E-state index is 12.2. The van der Waals surface area contributed by atoms with Gasteiger partial charge in [0.2, 0.25) is 11.8 Å². The van der Waals surface area contributed by atoms with Crippen molar-refractivity contribution in [2.75, 3.05) is 17.7 Å². The van der Waals surface area contributed by atoms with Gasteiger partial charge < -0.3 is 15.4 Å². The largest absolute Gasteiger partial charge is 0.495 e. The van der Waals surface area contributed by atoms with Crippen LogP contribution in [-0.4, -0.2) is 18.9 Å². The lowest BCUT2D eigenvalue weighted by molar-refractivity contribution is -0.123. The van der Waals surface area contributed by atoms with Gasteiger partial charge in [0.1, 0.15) is 12.2 Å². The van der Waals surface area contributed by atoms with Crippen molar-refractivity contribution in [1.29, 1.82) is 0 Å². The van der Waals surface area contributed by atoms with Gasteiger partial charge in [0, 0.05) is 5.69 Å². The van der Waals surface area contributed by atoms with Gasteiger partial charge in [-0.25, -0.2) is 0 Å². The second-order valence-corrected chi connectivity index (χ2v) is 5.44. The lowest BCUT2D eigenvalue weighted by Gasteiger charge is -2.13. The molecule has 2 aromatic carbocycles. The highest BCUT2D eigenvalue weighted by Crippen LogP contribution is 2.24. The zero-order chi connectivity index (χ0) is 17.5. The molecular formula is C19H22N2O3. The first kappa shape index (κ1) is 17.5. The monoisotopic (exact) mass is 326 g/mol. The van der Waals surface area contributed by atoms with Crippen LogP contribution in [0.3, 0.4) is 0 Å². The van der Waals surface area contributed by atoms with Gasteiger partial charge in [-0.2, -0.15) is 0 Å². The fourth-order valence-corrected chi connectivity index (χ4v) is 2.47. The number of benzene rings is 2. The zero-order valence-corrected chi connectivity index (χ0v) is 14.2. The number of anilines is 2. The van der Waals surface area contributed by atoms with Crippen LogP contribution in [0.5, 0.6) is 5.75 Å². The molecule has 0 aliphatic rings. The van der Waals surface area contributed by atoms with Crippen LogP contribution in [0.15, 0.2) is 42.5 Å². The van der Waals surface area contributed by atoms with Crippen LogP contribution in [-0.2, 0) is 16.0 Å². The van der Waals surface area contributed by atoms with E-state index in [4.69, 9.17) is 4.74 Å². The van der Waals surface area contributed by atoms with E-state index in [1.165, 1.54) is 7.11 Å². The Kier molecular flexibility index (Phi) is 5.95. The highest BCUT2D eigenvalue weighted by Gasteiger charge is 2.14. The van der Waals surface area contributed by atoms with Crippen molar-refractivity contribution < 1.29 is 14.3 Å². The molecule has 0 atom stereocenters. The van der Waals surface area contributed by atoms with Crippen molar-refractivity contribution in [3.05, 3.63) is 53.6 Å². The Hall–Kier alpha value is -2.82. The predicted octanol–water partition coefficient (Wildman–Crippen LogP) is 3.53. The fraction of sp³-hybridized carbons (Fsp3) is 0.263. The lowest BCUT2D eigenvalue weighted by Crippen LogP contribution is -2.22. The molecule has 0 aliphatic carbocycles. The number of carbonyl (C=O) groups is 2. The smallest absolute Gasteiger partial charge is 0.233 e. The minimum atomic E-state index is -0.386. The van der Waals surface area contributed by atoms with Crippen molar-refractivity contribution in [1.82, 2.24) is 0 Å². The number of hydrogen-bond donors (Lipinski definition) is 2. The second kappa shape index (κ2) is 8.15. The summed E-state index contributed by atoms with van der Waals surface area (Å²) in [7, 11) is 1.53. The van der Waals surface area contributed by atoms with E-state index in [-0.39, 0.29) is 18.2 Å². The van der Waals surface area contributed by atoms with E-state index in [2.05, 4.69) is 10.6 Å². The van der Waals surface area contributed by atoms with Crippen LogP contribution < -0.4 is 15.4 Å². The third kappa shape index (κ3) is 4.35. The Morgan fingerprint density at radius 2 is 1.71 bits per heavy atom. The van der Waals surface area contributed by atoms with Gasteiger partial charge in [-0.15, -0.1) is 0 Å². The first-order valence-electron chi connectivity index (χ1n) is 7.86.